The van der Waals surface area contributed by atoms with Crippen LogP contribution in [0.2, 0.25) is 5.02 Å². The molecule has 0 saturated heterocycles. The first-order valence-electron chi connectivity index (χ1n) is 6.54. The largest absolute Gasteiger partial charge is 0.481 e. The van der Waals surface area contributed by atoms with Gasteiger partial charge in [0.15, 0.2) is 0 Å². The number of aliphatic carboxylic acids is 1. The Morgan fingerprint density at radius 2 is 1.80 bits per heavy atom. The molecular weight excluding hydrogens is 278 g/mol. The lowest BCUT2D eigenvalue weighted by Gasteiger charge is -2.24. The van der Waals surface area contributed by atoms with Crippen LogP contribution in [0.5, 0.6) is 0 Å². The average molecular weight is 292 g/mol. The number of halogens is 1. The molecule has 0 heterocycles. The van der Waals surface area contributed by atoms with Crippen molar-refractivity contribution >= 4 is 29.2 Å². The number of nitrogens with one attached hydrogen (secondary N) is 1. The Hall–Kier alpha value is -1.81. The molecule has 1 amide bonds. The average Bonchev–Trinajstić information content (AvgIpc) is 3.01. The molecule has 2 N–H and O–H groups in total. The number of benzene rings is 1. The van der Waals surface area contributed by atoms with Gasteiger partial charge in [-0.15, -0.1) is 0 Å². The molecule has 0 aromatic heterocycles. The zero-order chi connectivity index (χ0) is 14.3. The third-order valence-corrected chi connectivity index (χ3v) is 4.51. The van der Waals surface area contributed by atoms with E-state index in [4.69, 9.17) is 11.6 Å². The summed E-state index contributed by atoms with van der Waals surface area (Å²) in [6.07, 6.45) is 4.63. The van der Waals surface area contributed by atoms with Crippen molar-refractivity contribution in [3.8, 4) is 0 Å². The van der Waals surface area contributed by atoms with Crippen molar-refractivity contribution in [3.05, 3.63) is 41.4 Å². The van der Waals surface area contributed by atoms with E-state index in [1.165, 1.54) is 0 Å². The number of hydrogen-bond donors (Lipinski definition) is 2. The summed E-state index contributed by atoms with van der Waals surface area (Å²) in [6, 6.07) is 6.95. The molecule has 104 valence electrons. The van der Waals surface area contributed by atoms with E-state index in [2.05, 4.69) is 5.32 Å². The number of hydrogen-bond acceptors (Lipinski definition) is 2. The highest BCUT2D eigenvalue weighted by Gasteiger charge is 2.51. The Kier molecular flexibility index (Phi) is 3.26. The molecule has 4 nitrogen and oxygen atoms in total. The molecule has 1 saturated carbocycles. The fourth-order valence-electron chi connectivity index (χ4n) is 3.29. The third kappa shape index (κ3) is 2.10. The van der Waals surface area contributed by atoms with Crippen LogP contribution in [-0.2, 0) is 9.59 Å². The molecule has 0 aliphatic heterocycles. The van der Waals surface area contributed by atoms with E-state index in [0.717, 1.165) is 6.42 Å². The Morgan fingerprint density at radius 1 is 1.15 bits per heavy atom. The summed E-state index contributed by atoms with van der Waals surface area (Å²) >= 11 is 6.01. The number of amides is 1. The Labute approximate surface area is 121 Å². The van der Waals surface area contributed by atoms with Gasteiger partial charge in [-0.25, -0.2) is 0 Å². The monoisotopic (exact) mass is 291 g/mol. The number of carboxylic acid groups (broad SMARTS) is 1. The Balaban J connectivity index is 1.82. The van der Waals surface area contributed by atoms with Crippen molar-refractivity contribution in [1.29, 1.82) is 0 Å². The molecule has 2 aliphatic carbocycles. The zero-order valence-corrected chi connectivity index (χ0v) is 11.4. The third-order valence-electron chi connectivity index (χ3n) is 4.18. The Morgan fingerprint density at radius 3 is 2.45 bits per heavy atom. The van der Waals surface area contributed by atoms with E-state index in [1.54, 1.807) is 24.3 Å². The summed E-state index contributed by atoms with van der Waals surface area (Å²) in [7, 11) is 0. The fourth-order valence-corrected chi connectivity index (χ4v) is 3.48. The lowest BCUT2D eigenvalue weighted by atomic mass is 9.82. The number of anilines is 1. The highest BCUT2D eigenvalue weighted by atomic mass is 35.5. The molecular formula is C15H14ClNO3. The van der Waals surface area contributed by atoms with Gasteiger partial charge in [0.05, 0.1) is 22.5 Å². The number of para-hydroxylation sites is 1. The molecule has 5 heteroatoms. The second-order valence-electron chi connectivity index (χ2n) is 5.31. The number of carbonyl (C=O) groups excluding carboxylic acids is 1. The van der Waals surface area contributed by atoms with E-state index in [9.17, 15) is 14.7 Å². The first kappa shape index (κ1) is 13.2. The predicted octanol–water partition coefficient (Wildman–Crippen LogP) is 2.80. The maximum Gasteiger partial charge on any atom is 0.307 e. The van der Waals surface area contributed by atoms with Crippen LogP contribution < -0.4 is 5.32 Å². The van der Waals surface area contributed by atoms with Crippen molar-refractivity contribution in [3.63, 3.8) is 0 Å². The van der Waals surface area contributed by atoms with Crippen LogP contribution >= 0.6 is 11.6 Å². The van der Waals surface area contributed by atoms with E-state index < -0.39 is 17.8 Å². The second-order valence-corrected chi connectivity index (χ2v) is 5.71. The maximum atomic E-state index is 12.4. The van der Waals surface area contributed by atoms with Crippen LogP contribution in [0, 0.1) is 23.7 Å². The SMILES string of the molecule is O=C(O)[C@H]1[C@H](C(=O)Nc2ccccc2Cl)[C@H]2C=C[C@@H]1C2. The standard InChI is InChI=1S/C15H14ClNO3/c16-10-3-1-2-4-11(10)17-14(18)12-8-5-6-9(7-8)13(12)15(19)20/h1-6,8-9,12-13H,7H2,(H,17,18)(H,19,20)/t8-,9+,12+,13+/m0/s1. The molecule has 1 aromatic carbocycles. The van der Waals surface area contributed by atoms with Gasteiger partial charge >= 0.3 is 5.97 Å². The molecule has 3 rings (SSSR count). The summed E-state index contributed by atoms with van der Waals surface area (Å²) in [6.45, 7) is 0. The molecule has 1 fully saturated rings. The summed E-state index contributed by atoms with van der Waals surface area (Å²) in [4.78, 5) is 23.8. The van der Waals surface area contributed by atoms with Crippen LogP contribution in [0.1, 0.15) is 6.42 Å². The topological polar surface area (TPSA) is 66.4 Å². The molecule has 2 aliphatic rings. The number of carbonyl (C=O) groups is 2. The van der Waals surface area contributed by atoms with Crippen molar-refractivity contribution < 1.29 is 14.7 Å². The summed E-state index contributed by atoms with van der Waals surface area (Å²) in [5.74, 6) is -2.32. The van der Waals surface area contributed by atoms with Crippen LogP contribution in [0.4, 0.5) is 5.69 Å². The van der Waals surface area contributed by atoms with Gasteiger partial charge in [0.25, 0.3) is 0 Å². The van der Waals surface area contributed by atoms with Gasteiger partial charge in [-0.1, -0.05) is 35.9 Å². The minimum absolute atomic E-state index is 0.0172. The minimum atomic E-state index is -0.902. The van der Waals surface area contributed by atoms with Crippen molar-refractivity contribution in [2.45, 2.75) is 6.42 Å². The van der Waals surface area contributed by atoms with E-state index in [1.807, 2.05) is 12.2 Å². The van der Waals surface area contributed by atoms with Gasteiger partial charge in [0.1, 0.15) is 0 Å². The van der Waals surface area contributed by atoms with Gasteiger partial charge in [-0.2, -0.15) is 0 Å². The van der Waals surface area contributed by atoms with Gasteiger partial charge in [0, 0.05) is 0 Å². The van der Waals surface area contributed by atoms with Crippen LogP contribution in [0.15, 0.2) is 36.4 Å². The van der Waals surface area contributed by atoms with Crippen LogP contribution in [0.25, 0.3) is 0 Å². The second kappa shape index (κ2) is 4.94. The number of allylic oxidation sites excluding steroid dienone is 2. The summed E-state index contributed by atoms with van der Waals surface area (Å²) < 4.78 is 0. The van der Waals surface area contributed by atoms with Gasteiger partial charge in [-0.3, -0.25) is 9.59 Å². The normalized spacial score (nSPS) is 30.4. The number of carboxylic acids is 1. The van der Waals surface area contributed by atoms with Crippen LogP contribution in [-0.4, -0.2) is 17.0 Å². The van der Waals surface area contributed by atoms with Gasteiger partial charge in [-0.05, 0) is 30.4 Å². The zero-order valence-electron chi connectivity index (χ0n) is 10.6. The molecule has 0 unspecified atom stereocenters. The van der Waals surface area contributed by atoms with Crippen molar-refractivity contribution in [2.24, 2.45) is 23.7 Å². The first-order chi connectivity index (χ1) is 9.58. The molecule has 1 aromatic rings. The highest BCUT2D eigenvalue weighted by molar-refractivity contribution is 6.33. The molecule has 20 heavy (non-hydrogen) atoms. The van der Waals surface area contributed by atoms with E-state index in [0.29, 0.717) is 10.7 Å². The van der Waals surface area contributed by atoms with E-state index in [-0.39, 0.29) is 17.7 Å². The molecule has 2 bridgehead atoms. The van der Waals surface area contributed by atoms with E-state index >= 15 is 0 Å². The lowest BCUT2D eigenvalue weighted by molar-refractivity contribution is -0.146. The van der Waals surface area contributed by atoms with Crippen molar-refractivity contribution in [2.75, 3.05) is 5.32 Å². The fraction of sp³-hybridized carbons (Fsp3) is 0.333. The smallest absolute Gasteiger partial charge is 0.307 e. The summed E-state index contributed by atoms with van der Waals surface area (Å²) in [5, 5.41) is 12.5. The number of rotatable bonds is 3. The number of fused-ring (bicyclic) bond motifs is 2. The minimum Gasteiger partial charge on any atom is -0.481 e. The van der Waals surface area contributed by atoms with Gasteiger partial charge in [0.2, 0.25) is 5.91 Å². The predicted molar refractivity (Wildman–Crippen MR) is 75.4 cm³/mol. The van der Waals surface area contributed by atoms with Gasteiger partial charge < -0.3 is 10.4 Å². The maximum absolute atomic E-state index is 12.4. The highest BCUT2D eigenvalue weighted by Crippen LogP contribution is 2.48. The molecule has 4 atom stereocenters. The lowest BCUT2D eigenvalue weighted by Crippen LogP contribution is -2.36. The molecule has 0 spiro atoms. The summed E-state index contributed by atoms with van der Waals surface area (Å²) in [5.41, 5.74) is 0.523. The molecule has 0 radical (unpaired) electrons. The van der Waals surface area contributed by atoms with Crippen LogP contribution in [0.3, 0.4) is 0 Å². The van der Waals surface area contributed by atoms with Crippen molar-refractivity contribution in [1.82, 2.24) is 0 Å². The quantitative estimate of drug-likeness (QED) is 0.842. The Bertz CT molecular complexity index is 599. The first-order valence-corrected chi connectivity index (χ1v) is 6.92.